The van der Waals surface area contributed by atoms with Gasteiger partial charge in [0.2, 0.25) is 0 Å². The third kappa shape index (κ3) is 3.30. The van der Waals surface area contributed by atoms with Crippen molar-refractivity contribution >= 4 is 23.2 Å². The first-order chi connectivity index (χ1) is 8.27. The molecule has 0 aromatic heterocycles. The highest BCUT2D eigenvalue weighted by molar-refractivity contribution is 6.33. The molecule has 1 aromatic rings. The first-order valence-corrected chi connectivity index (χ1v) is 6.25. The summed E-state index contributed by atoms with van der Waals surface area (Å²) in [6, 6.07) is 6.98. The zero-order valence-corrected chi connectivity index (χ0v) is 10.3. The molecule has 2 rings (SSSR count). The maximum absolute atomic E-state index is 11.8. The van der Waals surface area contributed by atoms with E-state index in [-0.39, 0.29) is 5.91 Å². The van der Waals surface area contributed by atoms with Gasteiger partial charge in [0, 0.05) is 5.71 Å². The Hall–Kier alpha value is -1.35. The van der Waals surface area contributed by atoms with Crippen LogP contribution in [0, 0.1) is 0 Å². The van der Waals surface area contributed by atoms with E-state index in [1.54, 1.807) is 24.3 Å². The zero-order chi connectivity index (χ0) is 12.1. The van der Waals surface area contributed by atoms with E-state index < -0.39 is 0 Å². The molecule has 1 amide bonds. The minimum Gasteiger partial charge on any atom is -0.267 e. The Morgan fingerprint density at radius 2 is 1.88 bits per heavy atom. The van der Waals surface area contributed by atoms with Crippen LogP contribution in [0.5, 0.6) is 0 Å². The largest absolute Gasteiger partial charge is 0.272 e. The van der Waals surface area contributed by atoms with E-state index in [2.05, 4.69) is 10.5 Å². The summed E-state index contributed by atoms with van der Waals surface area (Å²) in [6.07, 6.45) is 5.57. The molecule has 0 atom stereocenters. The van der Waals surface area contributed by atoms with Crippen molar-refractivity contribution in [3.05, 3.63) is 34.9 Å². The molecule has 1 aromatic carbocycles. The summed E-state index contributed by atoms with van der Waals surface area (Å²) in [5, 5.41) is 4.61. The summed E-state index contributed by atoms with van der Waals surface area (Å²) in [5.74, 6) is -0.242. The second-order valence-electron chi connectivity index (χ2n) is 4.16. The fraction of sp³-hybridized carbons (Fsp3) is 0.385. The highest BCUT2D eigenvalue weighted by Gasteiger charge is 2.10. The molecule has 0 unspecified atom stereocenters. The molecule has 17 heavy (non-hydrogen) atoms. The third-order valence-electron chi connectivity index (χ3n) is 2.86. The van der Waals surface area contributed by atoms with Crippen molar-refractivity contribution in [2.45, 2.75) is 32.1 Å². The van der Waals surface area contributed by atoms with Crippen molar-refractivity contribution in [2.75, 3.05) is 0 Å². The van der Waals surface area contributed by atoms with Gasteiger partial charge >= 0.3 is 0 Å². The third-order valence-corrected chi connectivity index (χ3v) is 3.19. The standard InChI is InChI=1S/C13H15ClN2O/c14-12-9-5-4-8-11(12)13(17)16-15-10-6-2-1-3-7-10/h4-5,8-9H,1-3,6-7H2,(H,16,17). The highest BCUT2D eigenvalue weighted by atomic mass is 35.5. The second kappa shape index (κ2) is 5.82. The first-order valence-electron chi connectivity index (χ1n) is 5.87. The summed E-state index contributed by atoms with van der Waals surface area (Å²) in [5.41, 5.74) is 4.12. The fourth-order valence-electron chi connectivity index (χ4n) is 1.91. The molecule has 0 spiro atoms. The number of amides is 1. The molecule has 3 nitrogen and oxygen atoms in total. The molecule has 1 N–H and O–H groups in total. The molecule has 1 aliphatic rings. The van der Waals surface area contributed by atoms with Crippen LogP contribution in [0.2, 0.25) is 5.02 Å². The van der Waals surface area contributed by atoms with E-state index in [1.807, 2.05) is 0 Å². The Bertz CT molecular complexity index is 435. The van der Waals surface area contributed by atoms with Crippen LogP contribution in [-0.2, 0) is 0 Å². The lowest BCUT2D eigenvalue weighted by Crippen LogP contribution is -2.20. The van der Waals surface area contributed by atoms with Gasteiger partial charge in [0.1, 0.15) is 0 Å². The zero-order valence-electron chi connectivity index (χ0n) is 9.58. The summed E-state index contributed by atoms with van der Waals surface area (Å²) in [4.78, 5) is 11.8. The van der Waals surface area contributed by atoms with E-state index in [0.29, 0.717) is 10.6 Å². The minimum absolute atomic E-state index is 0.242. The van der Waals surface area contributed by atoms with Crippen LogP contribution < -0.4 is 5.43 Å². The molecule has 4 heteroatoms. The Labute approximate surface area is 106 Å². The van der Waals surface area contributed by atoms with Gasteiger partial charge in [-0.2, -0.15) is 5.10 Å². The average Bonchev–Trinajstić information content (AvgIpc) is 2.38. The van der Waals surface area contributed by atoms with Crippen molar-refractivity contribution in [2.24, 2.45) is 5.10 Å². The van der Waals surface area contributed by atoms with E-state index >= 15 is 0 Å². The van der Waals surface area contributed by atoms with E-state index in [0.717, 1.165) is 18.6 Å². The van der Waals surface area contributed by atoms with Crippen LogP contribution in [0.4, 0.5) is 0 Å². The maximum atomic E-state index is 11.8. The summed E-state index contributed by atoms with van der Waals surface area (Å²) in [6.45, 7) is 0. The average molecular weight is 251 g/mol. The van der Waals surface area contributed by atoms with Crippen molar-refractivity contribution in [1.82, 2.24) is 5.43 Å². The number of nitrogens with zero attached hydrogens (tertiary/aromatic N) is 1. The summed E-state index contributed by atoms with van der Waals surface area (Å²) in [7, 11) is 0. The Morgan fingerprint density at radius 3 is 2.59 bits per heavy atom. The number of hydrogen-bond acceptors (Lipinski definition) is 2. The van der Waals surface area contributed by atoms with Crippen LogP contribution in [0.3, 0.4) is 0 Å². The summed E-state index contributed by atoms with van der Waals surface area (Å²) >= 11 is 5.93. The van der Waals surface area contributed by atoms with Gasteiger partial charge in [-0.15, -0.1) is 0 Å². The Balaban J connectivity index is 2.00. The van der Waals surface area contributed by atoms with Crippen LogP contribution in [0.15, 0.2) is 29.4 Å². The number of carbonyl (C=O) groups excluding carboxylic acids is 1. The normalized spacial score (nSPS) is 15.5. The number of hydrogen-bond donors (Lipinski definition) is 1. The summed E-state index contributed by atoms with van der Waals surface area (Å²) < 4.78 is 0. The lowest BCUT2D eigenvalue weighted by Gasteiger charge is -2.12. The van der Waals surface area contributed by atoms with Crippen molar-refractivity contribution < 1.29 is 4.79 Å². The molecule has 90 valence electrons. The topological polar surface area (TPSA) is 41.5 Å². The molecule has 0 saturated heterocycles. The SMILES string of the molecule is O=C(NN=C1CCCCC1)c1ccccc1Cl. The number of carbonyl (C=O) groups is 1. The van der Waals surface area contributed by atoms with Gasteiger partial charge in [0.25, 0.3) is 5.91 Å². The number of halogens is 1. The smallest absolute Gasteiger partial charge is 0.267 e. The van der Waals surface area contributed by atoms with Crippen molar-refractivity contribution in [3.63, 3.8) is 0 Å². The second-order valence-corrected chi connectivity index (χ2v) is 4.57. The molecular formula is C13H15ClN2O. The molecule has 0 radical (unpaired) electrons. The van der Waals surface area contributed by atoms with Gasteiger partial charge in [0.05, 0.1) is 10.6 Å². The Morgan fingerprint density at radius 1 is 1.18 bits per heavy atom. The van der Waals surface area contributed by atoms with Gasteiger partial charge < -0.3 is 0 Å². The van der Waals surface area contributed by atoms with Gasteiger partial charge in [0.15, 0.2) is 0 Å². The van der Waals surface area contributed by atoms with Crippen molar-refractivity contribution in [3.8, 4) is 0 Å². The monoisotopic (exact) mass is 250 g/mol. The number of hydrazone groups is 1. The van der Waals surface area contributed by atoms with Crippen LogP contribution in [0.1, 0.15) is 42.5 Å². The predicted molar refractivity (Wildman–Crippen MR) is 69.4 cm³/mol. The van der Waals surface area contributed by atoms with E-state index in [1.165, 1.54) is 19.3 Å². The molecular weight excluding hydrogens is 236 g/mol. The molecule has 0 bridgehead atoms. The quantitative estimate of drug-likeness (QED) is 0.804. The lowest BCUT2D eigenvalue weighted by molar-refractivity contribution is 0.0954. The van der Waals surface area contributed by atoms with Gasteiger partial charge in [-0.05, 0) is 37.8 Å². The number of rotatable bonds is 2. The predicted octanol–water partition coefficient (Wildman–Crippen LogP) is 3.39. The number of nitrogens with one attached hydrogen (secondary N) is 1. The van der Waals surface area contributed by atoms with Crippen molar-refractivity contribution in [1.29, 1.82) is 0 Å². The Kier molecular flexibility index (Phi) is 4.15. The first kappa shape index (κ1) is 12.1. The number of benzene rings is 1. The van der Waals surface area contributed by atoms with Crippen LogP contribution in [0.25, 0.3) is 0 Å². The van der Waals surface area contributed by atoms with Gasteiger partial charge in [-0.25, -0.2) is 5.43 Å². The van der Waals surface area contributed by atoms with E-state index in [9.17, 15) is 4.79 Å². The highest BCUT2D eigenvalue weighted by Crippen LogP contribution is 2.16. The van der Waals surface area contributed by atoms with Gasteiger partial charge in [-0.1, -0.05) is 30.2 Å². The molecule has 0 heterocycles. The lowest BCUT2D eigenvalue weighted by atomic mass is 9.99. The molecule has 0 aliphatic heterocycles. The molecule has 1 saturated carbocycles. The minimum atomic E-state index is -0.242. The van der Waals surface area contributed by atoms with Gasteiger partial charge in [-0.3, -0.25) is 4.79 Å². The molecule has 1 aliphatic carbocycles. The fourth-order valence-corrected chi connectivity index (χ4v) is 2.13. The maximum Gasteiger partial charge on any atom is 0.272 e. The van der Waals surface area contributed by atoms with Crippen LogP contribution in [-0.4, -0.2) is 11.6 Å². The van der Waals surface area contributed by atoms with Crippen LogP contribution >= 0.6 is 11.6 Å². The molecule has 1 fully saturated rings. The van der Waals surface area contributed by atoms with E-state index in [4.69, 9.17) is 11.6 Å².